The van der Waals surface area contributed by atoms with Crippen molar-refractivity contribution in [3.8, 4) is 17.2 Å². The van der Waals surface area contributed by atoms with Gasteiger partial charge in [0, 0.05) is 25.2 Å². The zero-order valence-corrected chi connectivity index (χ0v) is 19.9. The Balaban J connectivity index is 1.96. The predicted octanol–water partition coefficient (Wildman–Crippen LogP) is 4.18. The molecule has 3 rings (SSSR count). The zero-order valence-electron chi connectivity index (χ0n) is 18.3. The van der Waals surface area contributed by atoms with E-state index in [9.17, 15) is 13.2 Å². The first-order valence-corrected chi connectivity index (χ1v) is 12.0. The molecule has 2 aromatic carbocycles. The third-order valence-electron chi connectivity index (χ3n) is 5.34. The third kappa shape index (κ3) is 5.11. The van der Waals surface area contributed by atoms with E-state index in [1.54, 1.807) is 0 Å². The number of amides is 1. The summed E-state index contributed by atoms with van der Waals surface area (Å²) in [6.45, 7) is 0.940. The van der Waals surface area contributed by atoms with Crippen LogP contribution in [0.1, 0.15) is 36.0 Å². The fourth-order valence-electron chi connectivity index (χ4n) is 3.60. The van der Waals surface area contributed by atoms with Crippen LogP contribution in [0.25, 0.3) is 0 Å². The minimum atomic E-state index is -3.73. The van der Waals surface area contributed by atoms with Crippen LogP contribution in [-0.4, -0.2) is 53.0 Å². The number of nitrogens with zero attached hydrogens (tertiary/aromatic N) is 1. The Morgan fingerprint density at radius 2 is 1.53 bits per heavy atom. The lowest BCUT2D eigenvalue weighted by molar-refractivity contribution is 0.102. The SMILES string of the molecule is COc1cc(NC(=O)c2cc(S(=O)(=O)N3CCCCCC3)ccc2OC)c(OC)cc1Cl. The van der Waals surface area contributed by atoms with Gasteiger partial charge in [0.1, 0.15) is 17.2 Å². The van der Waals surface area contributed by atoms with E-state index in [0.717, 1.165) is 25.7 Å². The number of ether oxygens (including phenoxy) is 3. The van der Waals surface area contributed by atoms with Crippen LogP contribution in [0.2, 0.25) is 5.02 Å². The molecular weight excluding hydrogens is 456 g/mol. The summed E-state index contributed by atoms with van der Waals surface area (Å²) in [5.41, 5.74) is 0.404. The predicted molar refractivity (Wildman–Crippen MR) is 123 cm³/mol. The van der Waals surface area contributed by atoms with Gasteiger partial charge in [-0.25, -0.2) is 8.42 Å². The lowest BCUT2D eigenvalue weighted by atomic mass is 10.1. The van der Waals surface area contributed by atoms with Crippen LogP contribution in [0.3, 0.4) is 0 Å². The van der Waals surface area contributed by atoms with Crippen LogP contribution < -0.4 is 19.5 Å². The summed E-state index contributed by atoms with van der Waals surface area (Å²) in [6, 6.07) is 7.34. The maximum Gasteiger partial charge on any atom is 0.259 e. The van der Waals surface area contributed by atoms with E-state index in [-0.39, 0.29) is 16.2 Å². The summed E-state index contributed by atoms with van der Waals surface area (Å²) in [4.78, 5) is 13.2. The number of carbonyl (C=O) groups is 1. The summed E-state index contributed by atoms with van der Waals surface area (Å²) in [6.07, 6.45) is 3.66. The lowest BCUT2D eigenvalue weighted by Crippen LogP contribution is -2.32. The molecule has 0 spiro atoms. The van der Waals surface area contributed by atoms with Crippen molar-refractivity contribution in [2.24, 2.45) is 0 Å². The van der Waals surface area contributed by atoms with Gasteiger partial charge in [0.25, 0.3) is 5.91 Å². The van der Waals surface area contributed by atoms with Gasteiger partial charge >= 0.3 is 0 Å². The van der Waals surface area contributed by atoms with Crippen LogP contribution in [-0.2, 0) is 10.0 Å². The minimum Gasteiger partial charge on any atom is -0.496 e. The Labute approximate surface area is 193 Å². The number of nitrogens with one attached hydrogen (secondary N) is 1. The molecule has 8 nitrogen and oxygen atoms in total. The molecule has 174 valence electrons. The molecule has 32 heavy (non-hydrogen) atoms. The first-order valence-electron chi connectivity index (χ1n) is 10.2. The van der Waals surface area contributed by atoms with Gasteiger partial charge in [0.05, 0.1) is 42.5 Å². The molecule has 0 aromatic heterocycles. The molecule has 1 fully saturated rings. The Morgan fingerprint density at radius 3 is 2.12 bits per heavy atom. The fourth-order valence-corrected chi connectivity index (χ4v) is 5.38. The van der Waals surface area contributed by atoms with Crippen molar-refractivity contribution in [2.75, 3.05) is 39.7 Å². The van der Waals surface area contributed by atoms with E-state index in [0.29, 0.717) is 35.3 Å². The number of benzene rings is 2. The molecule has 0 radical (unpaired) electrons. The summed E-state index contributed by atoms with van der Waals surface area (Å²) >= 11 is 6.13. The number of halogens is 1. The normalized spacial score (nSPS) is 15.0. The highest BCUT2D eigenvalue weighted by Gasteiger charge is 2.27. The van der Waals surface area contributed by atoms with E-state index < -0.39 is 15.9 Å². The van der Waals surface area contributed by atoms with Crippen molar-refractivity contribution in [3.63, 3.8) is 0 Å². The van der Waals surface area contributed by atoms with Crippen LogP contribution in [0.15, 0.2) is 35.2 Å². The molecule has 1 amide bonds. The summed E-state index contributed by atoms with van der Waals surface area (Å²) in [5.74, 6) is 0.373. The highest BCUT2D eigenvalue weighted by molar-refractivity contribution is 7.89. The molecule has 0 atom stereocenters. The van der Waals surface area contributed by atoms with E-state index in [2.05, 4.69) is 5.32 Å². The van der Waals surface area contributed by atoms with Gasteiger partial charge in [0.15, 0.2) is 0 Å². The van der Waals surface area contributed by atoms with Gasteiger partial charge < -0.3 is 19.5 Å². The second kappa shape index (κ2) is 10.4. The molecule has 0 aliphatic carbocycles. The number of methoxy groups -OCH3 is 3. The topological polar surface area (TPSA) is 94.2 Å². The Hall–Kier alpha value is -2.49. The van der Waals surface area contributed by atoms with Crippen LogP contribution in [0.5, 0.6) is 17.2 Å². The monoisotopic (exact) mass is 482 g/mol. The second-order valence-electron chi connectivity index (χ2n) is 7.32. The summed E-state index contributed by atoms with van der Waals surface area (Å²) < 4.78 is 43.7. The summed E-state index contributed by atoms with van der Waals surface area (Å²) in [7, 11) is 0.590. The molecule has 1 aliphatic heterocycles. The highest BCUT2D eigenvalue weighted by atomic mass is 35.5. The van der Waals surface area contributed by atoms with Crippen molar-refractivity contribution < 1.29 is 27.4 Å². The van der Waals surface area contributed by atoms with Crippen molar-refractivity contribution in [2.45, 2.75) is 30.6 Å². The largest absolute Gasteiger partial charge is 0.496 e. The smallest absolute Gasteiger partial charge is 0.259 e. The van der Waals surface area contributed by atoms with Crippen molar-refractivity contribution in [3.05, 3.63) is 40.9 Å². The zero-order chi connectivity index (χ0) is 23.3. The number of hydrogen-bond donors (Lipinski definition) is 1. The van der Waals surface area contributed by atoms with Crippen molar-refractivity contribution >= 4 is 33.2 Å². The maximum atomic E-state index is 13.2. The van der Waals surface area contributed by atoms with Gasteiger partial charge in [-0.1, -0.05) is 24.4 Å². The molecule has 1 N–H and O–H groups in total. The first kappa shape index (κ1) is 24.2. The fraction of sp³-hybridized carbons (Fsp3) is 0.409. The van der Waals surface area contributed by atoms with Gasteiger partial charge in [0.2, 0.25) is 10.0 Å². The Bertz CT molecular complexity index is 1080. The number of carbonyl (C=O) groups excluding carboxylic acids is 1. The minimum absolute atomic E-state index is 0.0472. The van der Waals surface area contributed by atoms with Crippen LogP contribution in [0.4, 0.5) is 5.69 Å². The number of sulfonamides is 1. The quantitative estimate of drug-likeness (QED) is 0.636. The average Bonchev–Trinajstić information content (AvgIpc) is 3.09. The molecule has 10 heteroatoms. The second-order valence-corrected chi connectivity index (χ2v) is 9.67. The lowest BCUT2D eigenvalue weighted by Gasteiger charge is -2.21. The van der Waals surface area contributed by atoms with E-state index in [4.69, 9.17) is 25.8 Å². The van der Waals surface area contributed by atoms with Gasteiger partial charge in [-0.2, -0.15) is 4.31 Å². The number of rotatable bonds is 7. The summed E-state index contributed by atoms with van der Waals surface area (Å²) in [5, 5.41) is 3.06. The highest BCUT2D eigenvalue weighted by Crippen LogP contribution is 2.36. The van der Waals surface area contributed by atoms with E-state index in [1.807, 2.05) is 0 Å². The number of hydrogen-bond acceptors (Lipinski definition) is 6. The van der Waals surface area contributed by atoms with Gasteiger partial charge in [-0.05, 0) is 31.0 Å². The Morgan fingerprint density at radius 1 is 0.906 bits per heavy atom. The van der Waals surface area contributed by atoms with Crippen molar-refractivity contribution in [1.82, 2.24) is 4.31 Å². The average molecular weight is 483 g/mol. The van der Waals surface area contributed by atoms with Crippen molar-refractivity contribution in [1.29, 1.82) is 0 Å². The molecular formula is C22H27ClN2O6S. The van der Waals surface area contributed by atoms with Crippen LogP contribution >= 0.6 is 11.6 Å². The molecule has 0 saturated carbocycles. The molecule has 0 bridgehead atoms. The van der Waals surface area contributed by atoms with Gasteiger partial charge in [-0.3, -0.25) is 4.79 Å². The molecule has 2 aromatic rings. The Kier molecular flexibility index (Phi) is 7.86. The van der Waals surface area contributed by atoms with Crippen LogP contribution in [0, 0.1) is 0 Å². The maximum absolute atomic E-state index is 13.2. The number of anilines is 1. The third-order valence-corrected chi connectivity index (χ3v) is 7.53. The molecule has 0 unspecified atom stereocenters. The van der Waals surface area contributed by atoms with E-state index in [1.165, 1.54) is 56.0 Å². The van der Waals surface area contributed by atoms with E-state index >= 15 is 0 Å². The standard InChI is InChI=1S/C22H27ClN2O6S/c1-29-19-9-8-15(32(27,28)25-10-6-4-5-7-11-25)12-16(19)22(26)24-18-14-20(30-2)17(23)13-21(18)31-3/h8-9,12-14H,4-7,10-11H2,1-3H3,(H,24,26). The first-order chi connectivity index (χ1) is 15.3. The molecule has 1 saturated heterocycles. The molecule has 1 aliphatic rings. The molecule has 1 heterocycles. The van der Waals surface area contributed by atoms with Gasteiger partial charge in [-0.15, -0.1) is 0 Å².